The van der Waals surface area contributed by atoms with Crippen LogP contribution < -0.4 is 5.32 Å². The Bertz CT molecular complexity index is 847. The lowest BCUT2D eigenvalue weighted by atomic mass is 9.95. The molecule has 0 saturated heterocycles. The van der Waals surface area contributed by atoms with Gasteiger partial charge in [-0.3, -0.25) is 0 Å². The molecule has 0 bridgehead atoms. The van der Waals surface area contributed by atoms with E-state index in [-0.39, 0.29) is 11.6 Å². The van der Waals surface area contributed by atoms with Gasteiger partial charge in [-0.05, 0) is 65.4 Å². The van der Waals surface area contributed by atoms with E-state index >= 15 is 0 Å². The second-order valence-electron chi connectivity index (χ2n) is 5.44. The Labute approximate surface area is 141 Å². The van der Waals surface area contributed by atoms with Crippen LogP contribution in [-0.2, 0) is 0 Å². The summed E-state index contributed by atoms with van der Waals surface area (Å²) in [5.74, 6) is -0.245. The van der Waals surface area contributed by atoms with Crippen molar-refractivity contribution in [1.82, 2.24) is 5.32 Å². The summed E-state index contributed by atoms with van der Waals surface area (Å²) in [7, 11) is 1.67. The van der Waals surface area contributed by atoms with Crippen LogP contribution in [0, 0.1) is 24.1 Å². The molecule has 0 atom stereocenters. The van der Waals surface area contributed by atoms with Crippen LogP contribution >= 0.6 is 0 Å². The Hall–Kier alpha value is -3.06. The molecular formula is C20H19FN2O. The summed E-state index contributed by atoms with van der Waals surface area (Å²) in [6, 6.07) is 12.0. The molecule has 0 amide bonds. The van der Waals surface area contributed by atoms with Crippen molar-refractivity contribution in [2.75, 3.05) is 7.05 Å². The molecule has 2 N–H and O–H groups in total. The van der Waals surface area contributed by atoms with Gasteiger partial charge in [0.2, 0.25) is 0 Å². The number of rotatable bonds is 5. The molecule has 0 fully saturated rings. The molecule has 2 rings (SSSR count). The summed E-state index contributed by atoms with van der Waals surface area (Å²) in [5.41, 5.74) is 3.72. The van der Waals surface area contributed by atoms with Gasteiger partial charge in [-0.2, -0.15) is 5.26 Å². The number of nitriles is 1. The maximum absolute atomic E-state index is 13.8. The number of benzene rings is 2. The molecule has 0 radical (unpaired) electrons. The predicted octanol–water partition coefficient (Wildman–Crippen LogP) is 4.54. The second kappa shape index (κ2) is 7.47. The molecule has 0 aliphatic heterocycles. The van der Waals surface area contributed by atoms with Crippen molar-refractivity contribution in [1.29, 1.82) is 5.26 Å². The van der Waals surface area contributed by atoms with E-state index in [9.17, 15) is 14.8 Å². The average molecular weight is 322 g/mol. The van der Waals surface area contributed by atoms with Gasteiger partial charge in [-0.25, -0.2) is 4.39 Å². The van der Waals surface area contributed by atoms with Gasteiger partial charge in [0, 0.05) is 7.05 Å². The van der Waals surface area contributed by atoms with Crippen LogP contribution in [0.5, 0.6) is 5.75 Å². The largest absolute Gasteiger partial charge is 0.508 e. The monoisotopic (exact) mass is 322 g/mol. The first-order valence-electron chi connectivity index (χ1n) is 7.53. The maximum atomic E-state index is 13.8. The van der Waals surface area contributed by atoms with Gasteiger partial charge >= 0.3 is 0 Å². The number of nitrogens with zero attached hydrogens (tertiary/aromatic N) is 1. The molecule has 0 aliphatic carbocycles. The molecule has 0 aromatic heterocycles. The topological polar surface area (TPSA) is 56.0 Å². The quantitative estimate of drug-likeness (QED) is 0.628. The van der Waals surface area contributed by atoms with Crippen molar-refractivity contribution in [2.24, 2.45) is 0 Å². The van der Waals surface area contributed by atoms with Gasteiger partial charge in [0.15, 0.2) is 0 Å². The number of phenols is 1. The van der Waals surface area contributed by atoms with E-state index in [0.717, 1.165) is 5.57 Å². The van der Waals surface area contributed by atoms with E-state index < -0.39 is 0 Å². The molecule has 24 heavy (non-hydrogen) atoms. The molecule has 122 valence electrons. The van der Waals surface area contributed by atoms with E-state index in [4.69, 9.17) is 0 Å². The lowest BCUT2D eigenvalue weighted by Crippen LogP contribution is -2.07. The Morgan fingerprint density at radius 1 is 1.29 bits per heavy atom. The molecule has 2 aromatic carbocycles. The highest BCUT2D eigenvalue weighted by atomic mass is 19.1. The van der Waals surface area contributed by atoms with E-state index in [1.165, 1.54) is 6.07 Å². The van der Waals surface area contributed by atoms with Gasteiger partial charge in [-0.1, -0.05) is 18.2 Å². The summed E-state index contributed by atoms with van der Waals surface area (Å²) >= 11 is 0. The number of hydrogen-bond acceptors (Lipinski definition) is 3. The van der Waals surface area contributed by atoms with Crippen LogP contribution in [0.1, 0.15) is 17.5 Å². The van der Waals surface area contributed by atoms with Crippen LogP contribution in [0.3, 0.4) is 0 Å². The highest BCUT2D eigenvalue weighted by Gasteiger charge is 2.11. The minimum Gasteiger partial charge on any atom is -0.508 e. The molecule has 2 aromatic rings. The zero-order valence-corrected chi connectivity index (χ0v) is 13.7. The standard InChI is InChI=1S/C20H19FN2O/c1-4-5-18(20(12-22)23-3)16-8-15(9-17(24)10-16)14-7-6-13(2)19(21)11-14/h4,6-11,23-24H,1,5H2,2-3H3/b20-18+. The third kappa shape index (κ3) is 3.64. The Balaban J connectivity index is 2.63. The summed E-state index contributed by atoms with van der Waals surface area (Å²) in [6.07, 6.45) is 2.16. The van der Waals surface area contributed by atoms with Crippen LogP contribution in [0.25, 0.3) is 16.7 Å². The van der Waals surface area contributed by atoms with Gasteiger partial charge in [-0.15, -0.1) is 6.58 Å². The van der Waals surface area contributed by atoms with Gasteiger partial charge < -0.3 is 10.4 Å². The third-order valence-corrected chi connectivity index (χ3v) is 3.78. The fraction of sp³-hybridized carbons (Fsp3) is 0.150. The fourth-order valence-electron chi connectivity index (χ4n) is 2.51. The van der Waals surface area contributed by atoms with Crippen molar-refractivity contribution in [3.63, 3.8) is 0 Å². The number of nitrogens with one attached hydrogen (secondary N) is 1. The average Bonchev–Trinajstić information content (AvgIpc) is 2.57. The first kappa shape index (κ1) is 17.3. The number of hydrogen-bond donors (Lipinski definition) is 2. The van der Waals surface area contributed by atoms with Crippen molar-refractivity contribution < 1.29 is 9.50 Å². The van der Waals surface area contributed by atoms with E-state index in [2.05, 4.69) is 18.0 Å². The van der Waals surface area contributed by atoms with Gasteiger partial charge in [0.25, 0.3) is 0 Å². The fourth-order valence-corrected chi connectivity index (χ4v) is 2.51. The minimum absolute atomic E-state index is 0.0541. The van der Waals surface area contributed by atoms with E-state index in [1.54, 1.807) is 44.3 Å². The van der Waals surface area contributed by atoms with E-state index in [0.29, 0.717) is 34.4 Å². The number of phenolic OH excluding ortho intramolecular Hbond substituents is 1. The molecular weight excluding hydrogens is 303 g/mol. The summed E-state index contributed by atoms with van der Waals surface area (Å²) < 4.78 is 13.8. The van der Waals surface area contributed by atoms with Crippen molar-refractivity contribution in [3.05, 3.63) is 71.7 Å². The Kier molecular flexibility index (Phi) is 5.39. The van der Waals surface area contributed by atoms with Crippen LogP contribution in [0.2, 0.25) is 0 Å². The highest BCUT2D eigenvalue weighted by Crippen LogP contribution is 2.31. The molecule has 0 saturated carbocycles. The first-order chi connectivity index (χ1) is 11.5. The number of aryl methyl sites for hydroxylation is 1. The Morgan fingerprint density at radius 2 is 2.04 bits per heavy atom. The molecule has 0 unspecified atom stereocenters. The highest BCUT2D eigenvalue weighted by molar-refractivity contribution is 5.78. The summed E-state index contributed by atoms with van der Waals surface area (Å²) in [5, 5.41) is 22.2. The van der Waals surface area contributed by atoms with Gasteiger partial charge in [0.1, 0.15) is 23.3 Å². The van der Waals surface area contributed by atoms with Gasteiger partial charge in [0.05, 0.1) is 0 Å². The molecule has 0 heterocycles. The molecule has 0 aliphatic rings. The normalized spacial score (nSPS) is 11.4. The van der Waals surface area contributed by atoms with Crippen molar-refractivity contribution in [3.8, 4) is 22.9 Å². The van der Waals surface area contributed by atoms with Crippen LogP contribution in [0.15, 0.2) is 54.8 Å². The molecule has 0 spiro atoms. The smallest absolute Gasteiger partial charge is 0.126 e. The number of halogens is 1. The molecule has 4 heteroatoms. The predicted molar refractivity (Wildman–Crippen MR) is 94.6 cm³/mol. The number of aromatic hydroxyl groups is 1. The SMILES string of the molecule is C=CC/C(=C(/C#N)NC)c1cc(O)cc(-c2ccc(C)c(F)c2)c1. The third-order valence-electron chi connectivity index (χ3n) is 3.78. The maximum Gasteiger partial charge on any atom is 0.126 e. The summed E-state index contributed by atoms with van der Waals surface area (Å²) in [6.45, 7) is 5.42. The number of allylic oxidation sites excluding steroid dienone is 3. The van der Waals surface area contributed by atoms with Crippen molar-refractivity contribution >= 4 is 5.57 Å². The zero-order chi connectivity index (χ0) is 17.7. The second-order valence-corrected chi connectivity index (χ2v) is 5.44. The van der Waals surface area contributed by atoms with E-state index in [1.807, 2.05) is 6.07 Å². The zero-order valence-electron chi connectivity index (χ0n) is 13.7. The summed E-state index contributed by atoms with van der Waals surface area (Å²) in [4.78, 5) is 0. The Morgan fingerprint density at radius 3 is 2.62 bits per heavy atom. The molecule has 3 nitrogen and oxygen atoms in total. The van der Waals surface area contributed by atoms with Crippen molar-refractivity contribution in [2.45, 2.75) is 13.3 Å². The lowest BCUT2D eigenvalue weighted by molar-refractivity contribution is 0.475. The minimum atomic E-state index is -0.299. The van der Waals surface area contributed by atoms with Crippen LogP contribution in [-0.4, -0.2) is 12.2 Å². The lowest BCUT2D eigenvalue weighted by Gasteiger charge is -2.12. The first-order valence-corrected chi connectivity index (χ1v) is 7.53. The van der Waals surface area contributed by atoms with Crippen LogP contribution in [0.4, 0.5) is 4.39 Å².